The maximum Gasteiger partial charge on any atom is 0.120 e. The fourth-order valence-corrected chi connectivity index (χ4v) is 5.90. The van der Waals surface area contributed by atoms with E-state index in [-0.39, 0.29) is 0 Å². The van der Waals surface area contributed by atoms with Crippen molar-refractivity contribution in [3.05, 3.63) is 41.5 Å². The van der Waals surface area contributed by atoms with Gasteiger partial charge in [0.25, 0.3) is 0 Å². The van der Waals surface area contributed by atoms with Gasteiger partial charge in [-0.25, -0.2) is 0 Å². The molecule has 2 aromatic carbocycles. The molecule has 1 aliphatic carbocycles. The first-order valence-electron chi connectivity index (χ1n) is 12.4. The maximum absolute atomic E-state index is 6.42. The Morgan fingerprint density at radius 2 is 1.80 bits per heavy atom. The SMILES string of the molecule is CN1CCCC(Oc2ccc3c4c(ccc3c2)CCN(CC2CCCCC2)C4)CC1. The summed E-state index contributed by atoms with van der Waals surface area (Å²) in [6.45, 7) is 5.99. The first-order chi connectivity index (χ1) is 14.7. The van der Waals surface area contributed by atoms with Crippen LogP contribution in [0.15, 0.2) is 30.3 Å². The number of nitrogens with zero attached hydrogens (tertiary/aromatic N) is 2. The van der Waals surface area contributed by atoms with Crippen molar-refractivity contribution in [3.8, 4) is 5.75 Å². The van der Waals surface area contributed by atoms with Crippen molar-refractivity contribution in [2.24, 2.45) is 5.92 Å². The molecular formula is C27H38N2O. The molecule has 0 radical (unpaired) electrons. The Morgan fingerprint density at radius 3 is 2.70 bits per heavy atom. The van der Waals surface area contributed by atoms with E-state index >= 15 is 0 Å². The van der Waals surface area contributed by atoms with E-state index in [1.807, 2.05) is 0 Å². The van der Waals surface area contributed by atoms with Crippen molar-refractivity contribution in [2.45, 2.75) is 70.4 Å². The van der Waals surface area contributed by atoms with Crippen LogP contribution >= 0.6 is 0 Å². The average molecular weight is 407 g/mol. The summed E-state index contributed by atoms with van der Waals surface area (Å²) in [7, 11) is 2.22. The third-order valence-corrected chi connectivity index (χ3v) is 7.72. The number of benzene rings is 2. The quantitative estimate of drug-likeness (QED) is 0.653. The molecule has 3 nitrogen and oxygen atoms in total. The van der Waals surface area contributed by atoms with Gasteiger partial charge in [-0.3, -0.25) is 4.90 Å². The Hall–Kier alpha value is -1.58. The zero-order valence-corrected chi connectivity index (χ0v) is 18.7. The molecule has 0 bridgehead atoms. The van der Waals surface area contributed by atoms with E-state index in [9.17, 15) is 0 Å². The second-order valence-electron chi connectivity index (χ2n) is 10.0. The van der Waals surface area contributed by atoms with Crippen LogP contribution < -0.4 is 4.74 Å². The van der Waals surface area contributed by atoms with Crippen molar-refractivity contribution in [3.63, 3.8) is 0 Å². The van der Waals surface area contributed by atoms with Crippen LogP contribution in [0.25, 0.3) is 10.8 Å². The molecule has 2 aromatic rings. The minimum absolute atomic E-state index is 0.357. The highest BCUT2D eigenvalue weighted by atomic mass is 16.5. The Labute approximate surface area is 182 Å². The predicted molar refractivity (Wildman–Crippen MR) is 125 cm³/mol. The molecule has 1 saturated heterocycles. The molecule has 2 fully saturated rings. The molecule has 3 heteroatoms. The zero-order valence-electron chi connectivity index (χ0n) is 18.7. The summed E-state index contributed by atoms with van der Waals surface area (Å²) in [5.41, 5.74) is 3.13. The van der Waals surface area contributed by atoms with Gasteiger partial charge in [-0.15, -0.1) is 0 Å². The van der Waals surface area contributed by atoms with Crippen LogP contribution in [0.5, 0.6) is 5.75 Å². The number of hydrogen-bond donors (Lipinski definition) is 0. The highest BCUT2D eigenvalue weighted by Gasteiger charge is 2.23. The second-order valence-corrected chi connectivity index (χ2v) is 10.0. The molecule has 30 heavy (non-hydrogen) atoms. The van der Waals surface area contributed by atoms with Crippen molar-refractivity contribution < 1.29 is 4.74 Å². The van der Waals surface area contributed by atoms with Gasteiger partial charge < -0.3 is 9.64 Å². The monoisotopic (exact) mass is 406 g/mol. The molecule has 2 heterocycles. The van der Waals surface area contributed by atoms with E-state index < -0.39 is 0 Å². The number of likely N-dealkylation sites (tertiary alicyclic amines) is 1. The summed E-state index contributed by atoms with van der Waals surface area (Å²) in [6.07, 6.45) is 12.3. The number of rotatable bonds is 4. The Morgan fingerprint density at radius 1 is 0.900 bits per heavy atom. The normalized spacial score (nSPS) is 24.5. The first-order valence-corrected chi connectivity index (χ1v) is 12.4. The van der Waals surface area contributed by atoms with Crippen LogP contribution in [-0.2, 0) is 13.0 Å². The standard InChI is InChI=1S/C27H38N2O/c1-28-15-5-8-24(14-16-28)30-25-11-12-26-23(18-25)10-9-22-13-17-29(20-27(22)26)19-21-6-3-2-4-7-21/h9-12,18,21,24H,2-8,13-17,19-20H2,1H3. The van der Waals surface area contributed by atoms with Gasteiger partial charge in [0.05, 0.1) is 6.10 Å². The summed E-state index contributed by atoms with van der Waals surface area (Å²) in [5.74, 6) is 1.97. The Bertz CT molecular complexity index is 857. The van der Waals surface area contributed by atoms with Gasteiger partial charge in [-0.05, 0) is 92.1 Å². The largest absolute Gasteiger partial charge is 0.490 e. The summed E-state index contributed by atoms with van der Waals surface area (Å²) >= 11 is 0. The molecule has 2 aliphatic heterocycles. The molecule has 0 aromatic heterocycles. The molecule has 1 saturated carbocycles. The molecule has 5 rings (SSSR count). The van der Waals surface area contributed by atoms with Gasteiger partial charge in [0.2, 0.25) is 0 Å². The van der Waals surface area contributed by atoms with Gasteiger partial charge in [0.15, 0.2) is 0 Å². The molecule has 3 aliphatic rings. The lowest BCUT2D eigenvalue weighted by atomic mass is 9.87. The first kappa shape index (κ1) is 20.3. The zero-order chi connectivity index (χ0) is 20.3. The molecular weight excluding hydrogens is 368 g/mol. The summed E-state index contributed by atoms with van der Waals surface area (Å²) in [5, 5.41) is 2.78. The lowest BCUT2D eigenvalue weighted by Gasteiger charge is -2.34. The Kier molecular flexibility index (Phi) is 6.29. The van der Waals surface area contributed by atoms with Crippen LogP contribution in [0, 0.1) is 5.92 Å². The summed E-state index contributed by atoms with van der Waals surface area (Å²) in [6, 6.07) is 11.5. The summed E-state index contributed by atoms with van der Waals surface area (Å²) < 4.78 is 6.42. The van der Waals surface area contributed by atoms with E-state index in [2.05, 4.69) is 47.2 Å². The van der Waals surface area contributed by atoms with Gasteiger partial charge in [-0.2, -0.15) is 0 Å². The minimum atomic E-state index is 0.357. The summed E-state index contributed by atoms with van der Waals surface area (Å²) in [4.78, 5) is 5.15. The smallest absolute Gasteiger partial charge is 0.120 e. The highest BCUT2D eigenvalue weighted by molar-refractivity contribution is 5.88. The second kappa shape index (κ2) is 9.28. The van der Waals surface area contributed by atoms with Crippen LogP contribution in [-0.4, -0.2) is 49.1 Å². The van der Waals surface area contributed by atoms with Gasteiger partial charge in [0, 0.05) is 26.2 Å². The van der Waals surface area contributed by atoms with E-state index in [1.54, 1.807) is 11.1 Å². The van der Waals surface area contributed by atoms with E-state index in [4.69, 9.17) is 4.74 Å². The third kappa shape index (κ3) is 4.68. The number of ether oxygens (including phenoxy) is 1. The lowest BCUT2D eigenvalue weighted by Crippen LogP contribution is -2.35. The minimum Gasteiger partial charge on any atom is -0.490 e. The van der Waals surface area contributed by atoms with E-state index in [1.165, 1.54) is 81.8 Å². The lowest BCUT2D eigenvalue weighted by molar-refractivity contribution is 0.183. The third-order valence-electron chi connectivity index (χ3n) is 7.72. The predicted octanol–water partition coefficient (Wildman–Crippen LogP) is 5.64. The van der Waals surface area contributed by atoms with Crippen molar-refractivity contribution in [1.82, 2.24) is 9.80 Å². The number of hydrogen-bond acceptors (Lipinski definition) is 3. The topological polar surface area (TPSA) is 15.7 Å². The van der Waals surface area contributed by atoms with Crippen LogP contribution in [0.3, 0.4) is 0 Å². The molecule has 162 valence electrons. The fraction of sp³-hybridized carbons (Fsp3) is 0.630. The molecule has 1 atom stereocenters. The van der Waals surface area contributed by atoms with Crippen molar-refractivity contribution in [2.75, 3.05) is 33.2 Å². The van der Waals surface area contributed by atoms with Crippen LogP contribution in [0.2, 0.25) is 0 Å². The van der Waals surface area contributed by atoms with Crippen LogP contribution in [0.1, 0.15) is 62.5 Å². The van der Waals surface area contributed by atoms with Crippen LogP contribution in [0.4, 0.5) is 0 Å². The Balaban J connectivity index is 1.30. The molecule has 0 amide bonds. The molecule has 0 spiro atoms. The molecule has 1 unspecified atom stereocenters. The van der Waals surface area contributed by atoms with E-state index in [0.717, 1.165) is 31.2 Å². The van der Waals surface area contributed by atoms with Crippen molar-refractivity contribution in [1.29, 1.82) is 0 Å². The van der Waals surface area contributed by atoms with Gasteiger partial charge in [0.1, 0.15) is 5.75 Å². The maximum atomic E-state index is 6.42. The van der Waals surface area contributed by atoms with Gasteiger partial charge >= 0.3 is 0 Å². The van der Waals surface area contributed by atoms with Crippen molar-refractivity contribution >= 4 is 10.8 Å². The number of fused-ring (bicyclic) bond motifs is 3. The molecule has 0 N–H and O–H groups in total. The average Bonchev–Trinajstić information content (AvgIpc) is 2.98. The fourth-order valence-electron chi connectivity index (χ4n) is 5.90. The van der Waals surface area contributed by atoms with E-state index in [0.29, 0.717) is 6.10 Å². The van der Waals surface area contributed by atoms with Gasteiger partial charge in [-0.1, -0.05) is 37.5 Å². The highest BCUT2D eigenvalue weighted by Crippen LogP contribution is 2.32.